The van der Waals surface area contributed by atoms with Crippen molar-refractivity contribution in [3.63, 3.8) is 0 Å². The number of benzene rings is 2. The Bertz CT molecular complexity index is 1060. The topological polar surface area (TPSA) is 95.9 Å². The number of carboxylic acids is 1. The summed E-state index contributed by atoms with van der Waals surface area (Å²) in [5, 5.41) is 12.1. The third-order valence-electron chi connectivity index (χ3n) is 6.90. The number of ether oxygens (including phenoxy) is 1. The molecule has 0 aromatic heterocycles. The molecule has 2 N–H and O–H groups in total. The van der Waals surface area contributed by atoms with Gasteiger partial charge in [-0.3, -0.25) is 9.59 Å². The first kappa shape index (κ1) is 22.8. The first-order valence-corrected chi connectivity index (χ1v) is 12.9. The number of thioether (sulfide) groups is 1. The number of carboxylic acid groups (broad SMARTS) is 1. The number of rotatable bonds is 7. The van der Waals surface area contributed by atoms with Crippen molar-refractivity contribution < 1.29 is 24.2 Å². The van der Waals surface area contributed by atoms with Gasteiger partial charge in [0.25, 0.3) is 0 Å². The quantitative estimate of drug-likeness (QED) is 0.627. The summed E-state index contributed by atoms with van der Waals surface area (Å²) >= 11 is 1.66. The lowest BCUT2D eigenvalue weighted by Gasteiger charge is -2.37. The molecule has 178 valence electrons. The van der Waals surface area contributed by atoms with Gasteiger partial charge in [-0.1, -0.05) is 48.5 Å². The maximum Gasteiger partial charge on any atom is 0.407 e. The van der Waals surface area contributed by atoms with Gasteiger partial charge in [-0.25, -0.2) is 4.79 Å². The SMILES string of the molecule is O=C(O)CC1CSCCN1C(=O)C(NC(=O)OCC1c2ccccc2-c2ccccc21)C1CC1. The first-order valence-electron chi connectivity index (χ1n) is 11.7. The fourth-order valence-electron chi connectivity index (χ4n) is 5.07. The zero-order valence-electron chi connectivity index (χ0n) is 18.8. The number of hydrogen-bond acceptors (Lipinski definition) is 5. The highest BCUT2D eigenvalue weighted by Gasteiger charge is 2.42. The number of nitrogens with one attached hydrogen (secondary N) is 1. The monoisotopic (exact) mass is 480 g/mol. The number of fused-ring (bicyclic) bond motifs is 3. The van der Waals surface area contributed by atoms with Crippen LogP contribution in [0.5, 0.6) is 0 Å². The molecule has 34 heavy (non-hydrogen) atoms. The summed E-state index contributed by atoms with van der Waals surface area (Å²) < 4.78 is 5.66. The van der Waals surface area contributed by atoms with Crippen LogP contribution in [-0.4, -0.2) is 64.7 Å². The zero-order valence-corrected chi connectivity index (χ0v) is 19.6. The molecule has 3 aliphatic rings. The largest absolute Gasteiger partial charge is 0.481 e. The Balaban J connectivity index is 1.25. The summed E-state index contributed by atoms with van der Waals surface area (Å²) in [6.07, 6.45) is 1.05. The molecular weight excluding hydrogens is 452 g/mol. The molecule has 2 aliphatic carbocycles. The Hall–Kier alpha value is -3.00. The average molecular weight is 481 g/mol. The number of hydrogen-bond donors (Lipinski definition) is 2. The van der Waals surface area contributed by atoms with Gasteiger partial charge in [-0.2, -0.15) is 11.8 Å². The Labute approximate surface area is 202 Å². The summed E-state index contributed by atoms with van der Waals surface area (Å²) in [6.45, 7) is 0.685. The Morgan fingerprint density at radius 3 is 2.32 bits per heavy atom. The minimum Gasteiger partial charge on any atom is -0.481 e. The normalized spacial score (nSPS) is 20.2. The maximum atomic E-state index is 13.3. The molecule has 2 aromatic carbocycles. The molecular formula is C26H28N2O5S. The van der Waals surface area contributed by atoms with Crippen LogP contribution in [0.1, 0.15) is 36.3 Å². The predicted octanol–water partition coefficient (Wildman–Crippen LogP) is 3.72. The number of amides is 2. The van der Waals surface area contributed by atoms with Crippen LogP contribution in [0.2, 0.25) is 0 Å². The molecule has 2 amide bonds. The van der Waals surface area contributed by atoms with Crippen molar-refractivity contribution in [2.45, 2.75) is 37.3 Å². The molecule has 1 aliphatic heterocycles. The molecule has 1 heterocycles. The van der Waals surface area contributed by atoms with Crippen LogP contribution in [0, 0.1) is 5.92 Å². The minimum atomic E-state index is -0.919. The molecule has 2 fully saturated rings. The van der Waals surface area contributed by atoms with Crippen molar-refractivity contribution in [2.24, 2.45) is 5.92 Å². The summed E-state index contributed by atoms with van der Waals surface area (Å²) in [4.78, 5) is 39.1. The van der Waals surface area contributed by atoms with E-state index >= 15 is 0 Å². The van der Waals surface area contributed by atoms with Crippen LogP contribution in [0.3, 0.4) is 0 Å². The number of nitrogens with zero attached hydrogens (tertiary/aromatic N) is 1. The minimum absolute atomic E-state index is 0.0488. The van der Waals surface area contributed by atoms with Crippen LogP contribution in [0.4, 0.5) is 4.79 Å². The molecule has 2 aromatic rings. The zero-order chi connectivity index (χ0) is 23.7. The summed E-state index contributed by atoms with van der Waals surface area (Å²) in [7, 11) is 0. The van der Waals surface area contributed by atoms with E-state index in [-0.39, 0.29) is 36.8 Å². The maximum absolute atomic E-state index is 13.3. The highest BCUT2D eigenvalue weighted by Crippen LogP contribution is 2.44. The van der Waals surface area contributed by atoms with E-state index in [9.17, 15) is 19.5 Å². The fourth-order valence-corrected chi connectivity index (χ4v) is 6.13. The summed E-state index contributed by atoms with van der Waals surface area (Å²) in [5.74, 6) is 0.283. The number of alkyl carbamates (subject to hydrolysis) is 1. The summed E-state index contributed by atoms with van der Waals surface area (Å²) in [6, 6.07) is 15.3. The molecule has 8 heteroatoms. The van der Waals surface area contributed by atoms with E-state index in [1.54, 1.807) is 16.7 Å². The lowest BCUT2D eigenvalue weighted by atomic mass is 9.98. The van der Waals surface area contributed by atoms with Gasteiger partial charge in [0.15, 0.2) is 0 Å². The second-order valence-electron chi connectivity index (χ2n) is 9.14. The van der Waals surface area contributed by atoms with E-state index < -0.39 is 18.1 Å². The molecule has 0 bridgehead atoms. The van der Waals surface area contributed by atoms with Gasteiger partial charge < -0.3 is 20.1 Å². The van der Waals surface area contributed by atoms with Gasteiger partial charge in [-0.15, -0.1) is 0 Å². The Morgan fingerprint density at radius 1 is 1.06 bits per heavy atom. The van der Waals surface area contributed by atoms with Gasteiger partial charge in [0.1, 0.15) is 12.6 Å². The van der Waals surface area contributed by atoms with Gasteiger partial charge in [0.05, 0.1) is 12.5 Å². The molecule has 1 saturated carbocycles. The molecule has 7 nitrogen and oxygen atoms in total. The highest BCUT2D eigenvalue weighted by molar-refractivity contribution is 7.99. The van der Waals surface area contributed by atoms with Crippen molar-refractivity contribution in [1.82, 2.24) is 10.2 Å². The van der Waals surface area contributed by atoms with Gasteiger partial charge >= 0.3 is 12.1 Å². The Morgan fingerprint density at radius 2 is 1.71 bits per heavy atom. The van der Waals surface area contributed by atoms with Gasteiger partial charge in [0, 0.05) is 24.0 Å². The van der Waals surface area contributed by atoms with Crippen molar-refractivity contribution in [3.05, 3.63) is 59.7 Å². The third-order valence-corrected chi connectivity index (χ3v) is 7.99. The van der Waals surface area contributed by atoms with E-state index in [0.29, 0.717) is 12.3 Å². The van der Waals surface area contributed by atoms with Gasteiger partial charge in [0.2, 0.25) is 5.91 Å². The standard InChI is InChI=1S/C26H28N2O5S/c29-23(30)13-17-15-34-12-11-28(17)25(31)24(16-9-10-16)27-26(32)33-14-22-20-7-3-1-5-18(20)19-6-2-4-8-21(19)22/h1-8,16-17,22,24H,9-15H2,(H,27,32)(H,29,30). The molecule has 1 saturated heterocycles. The van der Waals surface area contributed by atoms with Crippen molar-refractivity contribution in [3.8, 4) is 11.1 Å². The lowest BCUT2D eigenvalue weighted by Crippen LogP contribution is -2.56. The van der Waals surface area contributed by atoms with E-state index in [4.69, 9.17) is 4.74 Å². The van der Waals surface area contributed by atoms with Gasteiger partial charge in [-0.05, 0) is 41.0 Å². The predicted molar refractivity (Wildman–Crippen MR) is 130 cm³/mol. The van der Waals surface area contributed by atoms with Crippen molar-refractivity contribution >= 4 is 29.7 Å². The first-order chi connectivity index (χ1) is 16.5. The van der Waals surface area contributed by atoms with Crippen LogP contribution >= 0.6 is 11.8 Å². The number of carbonyl (C=O) groups is 3. The molecule has 0 spiro atoms. The molecule has 0 radical (unpaired) electrons. The van der Waals surface area contributed by atoms with Crippen molar-refractivity contribution in [2.75, 3.05) is 24.7 Å². The third kappa shape index (κ3) is 4.64. The fraction of sp³-hybridized carbons (Fsp3) is 0.423. The number of aliphatic carboxylic acids is 1. The lowest BCUT2D eigenvalue weighted by molar-refractivity contribution is -0.141. The Kier molecular flexibility index (Phi) is 6.50. The van der Waals surface area contributed by atoms with E-state index in [1.807, 2.05) is 24.3 Å². The van der Waals surface area contributed by atoms with Crippen LogP contribution in [0.25, 0.3) is 11.1 Å². The van der Waals surface area contributed by atoms with Crippen LogP contribution < -0.4 is 5.32 Å². The van der Waals surface area contributed by atoms with E-state index in [2.05, 4.69) is 29.6 Å². The van der Waals surface area contributed by atoms with E-state index in [1.165, 1.54) is 0 Å². The number of carbonyl (C=O) groups excluding carboxylic acids is 2. The highest BCUT2D eigenvalue weighted by atomic mass is 32.2. The van der Waals surface area contributed by atoms with E-state index in [0.717, 1.165) is 40.8 Å². The molecule has 2 unspecified atom stereocenters. The van der Waals surface area contributed by atoms with Crippen LogP contribution in [-0.2, 0) is 14.3 Å². The van der Waals surface area contributed by atoms with Crippen molar-refractivity contribution in [1.29, 1.82) is 0 Å². The smallest absolute Gasteiger partial charge is 0.407 e. The molecule has 2 atom stereocenters. The summed E-state index contributed by atoms with van der Waals surface area (Å²) in [5.41, 5.74) is 4.58. The average Bonchev–Trinajstić information content (AvgIpc) is 3.63. The second-order valence-corrected chi connectivity index (χ2v) is 10.3. The molecule has 5 rings (SSSR count). The second kappa shape index (κ2) is 9.70. The van der Waals surface area contributed by atoms with Crippen LogP contribution in [0.15, 0.2) is 48.5 Å².